The van der Waals surface area contributed by atoms with Gasteiger partial charge in [-0.25, -0.2) is 0 Å². The number of hydrogen-bond acceptors (Lipinski definition) is 7. The zero-order valence-corrected chi connectivity index (χ0v) is 16.6. The Kier molecular flexibility index (Phi) is 6.18. The first-order valence-electron chi connectivity index (χ1n) is 8.77. The Bertz CT molecular complexity index is 1030. The molecule has 2 aromatic carbocycles. The molecular formula is C20H18N4O4S. The summed E-state index contributed by atoms with van der Waals surface area (Å²) in [5.74, 6) is -0.382. The third-order valence-electron chi connectivity index (χ3n) is 4.44. The van der Waals surface area contributed by atoms with E-state index in [9.17, 15) is 19.7 Å². The van der Waals surface area contributed by atoms with Crippen LogP contribution in [0.15, 0.2) is 52.7 Å². The van der Waals surface area contributed by atoms with Crippen LogP contribution in [0.2, 0.25) is 0 Å². The van der Waals surface area contributed by atoms with Crippen molar-refractivity contribution in [3.05, 3.63) is 74.8 Å². The molecule has 0 aromatic heterocycles. The molecule has 0 saturated carbocycles. The smallest absolute Gasteiger partial charge is 0.269 e. The van der Waals surface area contributed by atoms with Gasteiger partial charge < -0.3 is 5.32 Å². The predicted molar refractivity (Wildman–Crippen MR) is 113 cm³/mol. The standard InChI is InChI=1S/C20H18N4O4S/c1-12-3-6-15(9-13(12)2)17(25)10-18-19(26)22-20(29-18)23-21-11-14-4-7-16(8-5-14)24(27)28/h3-9,11,18H,10H2,1-2H3,(H,22,23,26)/b21-11+. The summed E-state index contributed by atoms with van der Waals surface area (Å²) in [4.78, 5) is 34.8. The van der Waals surface area contributed by atoms with Crippen LogP contribution in [0, 0.1) is 24.0 Å². The third kappa shape index (κ3) is 5.14. The SMILES string of the molecule is Cc1ccc(C(=O)CC2S/C(=N\N=C\c3ccc([N+](=O)[O-])cc3)NC2=O)cc1C. The molecule has 2 aromatic rings. The second-order valence-electron chi connectivity index (χ2n) is 6.52. The molecule has 1 aliphatic heterocycles. The fourth-order valence-electron chi connectivity index (χ4n) is 2.62. The van der Waals surface area contributed by atoms with Gasteiger partial charge in [-0.3, -0.25) is 19.7 Å². The van der Waals surface area contributed by atoms with E-state index >= 15 is 0 Å². The number of rotatable bonds is 6. The van der Waals surface area contributed by atoms with Crippen LogP contribution in [-0.4, -0.2) is 33.2 Å². The van der Waals surface area contributed by atoms with Gasteiger partial charge in [0.15, 0.2) is 11.0 Å². The third-order valence-corrected chi connectivity index (χ3v) is 5.51. The Morgan fingerprint density at radius 1 is 1.21 bits per heavy atom. The molecule has 0 bridgehead atoms. The number of ketones is 1. The molecule has 1 atom stereocenters. The largest absolute Gasteiger partial charge is 0.303 e. The number of amidine groups is 1. The van der Waals surface area contributed by atoms with Crippen molar-refractivity contribution in [3.63, 3.8) is 0 Å². The second kappa shape index (κ2) is 8.78. The predicted octanol–water partition coefficient (Wildman–Crippen LogP) is 3.41. The molecule has 1 aliphatic rings. The molecular weight excluding hydrogens is 392 g/mol. The number of nitro benzene ring substituents is 1. The van der Waals surface area contributed by atoms with Gasteiger partial charge in [-0.2, -0.15) is 5.10 Å². The first-order chi connectivity index (χ1) is 13.8. The van der Waals surface area contributed by atoms with Crippen LogP contribution < -0.4 is 5.32 Å². The Labute approximate surface area is 171 Å². The van der Waals surface area contributed by atoms with Crippen molar-refractivity contribution in [2.24, 2.45) is 10.2 Å². The molecule has 3 rings (SSSR count). The lowest BCUT2D eigenvalue weighted by Gasteiger charge is -2.06. The van der Waals surface area contributed by atoms with Crippen LogP contribution in [0.25, 0.3) is 0 Å². The van der Waals surface area contributed by atoms with E-state index in [1.807, 2.05) is 26.0 Å². The number of aryl methyl sites for hydroxylation is 2. The fourth-order valence-corrected chi connectivity index (χ4v) is 3.54. The van der Waals surface area contributed by atoms with Gasteiger partial charge in [-0.05, 0) is 48.7 Å². The number of nitrogens with zero attached hydrogens (tertiary/aromatic N) is 3. The first-order valence-corrected chi connectivity index (χ1v) is 9.65. The van der Waals surface area contributed by atoms with Gasteiger partial charge in [0.05, 0.1) is 16.4 Å². The molecule has 9 heteroatoms. The van der Waals surface area contributed by atoms with E-state index < -0.39 is 10.2 Å². The summed E-state index contributed by atoms with van der Waals surface area (Å²) in [5, 5.41) is 20.9. The van der Waals surface area contributed by atoms with Gasteiger partial charge in [0, 0.05) is 24.1 Å². The number of thioether (sulfide) groups is 1. The summed E-state index contributed by atoms with van der Waals surface area (Å²) < 4.78 is 0. The minimum absolute atomic E-state index is 0.0108. The summed E-state index contributed by atoms with van der Waals surface area (Å²) in [6, 6.07) is 11.3. The minimum Gasteiger partial charge on any atom is -0.303 e. The van der Waals surface area contributed by atoms with Crippen LogP contribution in [0.3, 0.4) is 0 Å². The average molecular weight is 410 g/mol. The molecule has 1 saturated heterocycles. The zero-order valence-electron chi connectivity index (χ0n) is 15.8. The fraction of sp³-hybridized carbons (Fsp3) is 0.200. The molecule has 1 fully saturated rings. The molecule has 0 spiro atoms. The summed E-state index contributed by atoms with van der Waals surface area (Å²) in [6.45, 7) is 3.92. The highest BCUT2D eigenvalue weighted by atomic mass is 32.2. The number of nitrogens with one attached hydrogen (secondary N) is 1. The first kappa shape index (κ1) is 20.4. The molecule has 1 unspecified atom stereocenters. The molecule has 0 radical (unpaired) electrons. The normalized spacial score (nSPS) is 17.7. The highest BCUT2D eigenvalue weighted by Crippen LogP contribution is 2.24. The van der Waals surface area contributed by atoms with E-state index in [0.717, 1.165) is 22.9 Å². The molecule has 0 aliphatic carbocycles. The lowest BCUT2D eigenvalue weighted by Crippen LogP contribution is -2.26. The van der Waals surface area contributed by atoms with Crippen molar-refractivity contribution in [1.29, 1.82) is 0 Å². The monoisotopic (exact) mass is 410 g/mol. The maximum atomic E-state index is 12.5. The Morgan fingerprint density at radius 3 is 2.59 bits per heavy atom. The van der Waals surface area contributed by atoms with Crippen molar-refractivity contribution in [2.45, 2.75) is 25.5 Å². The van der Waals surface area contributed by atoms with Gasteiger partial charge in [0.2, 0.25) is 5.91 Å². The van der Waals surface area contributed by atoms with Gasteiger partial charge in [-0.15, -0.1) is 5.10 Å². The number of benzene rings is 2. The van der Waals surface area contributed by atoms with Crippen LogP contribution in [0.4, 0.5) is 5.69 Å². The Morgan fingerprint density at radius 2 is 1.93 bits per heavy atom. The number of Topliss-reactive ketones (excluding diaryl/α,β-unsaturated/α-hetero) is 1. The van der Waals surface area contributed by atoms with Crippen molar-refractivity contribution >= 4 is 40.5 Å². The number of non-ortho nitro benzene ring substituents is 1. The number of hydrogen-bond donors (Lipinski definition) is 1. The van der Waals surface area contributed by atoms with Gasteiger partial charge in [-0.1, -0.05) is 23.9 Å². The van der Waals surface area contributed by atoms with Gasteiger partial charge in [0.25, 0.3) is 5.69 Å². The minimum atomic E-state index is -0.558. The van der Waals surface area contributed by atoms with E-state index in [4.69, 9.17) is 0 Å². The quantitative estimate of drug-likeness (QED) is 0.339. The summed E-state index contributed by atoms with van der Waals surface area (Å²) >= 11 is 1.16. The molecule has 29 heavy (non-hydrogen) atoms. The van der Waals surface area contributed by atoms with Crippen molar-refractivity contribution in [2.75, 3.05) is 0 Å². The topological polar surface area (TPSA) is 114 Å². The summed E-state index contributed by atoms with van der Waals surface area (Å²) in [6.07, 6.45) is 1.50. The van der Waals surface area contributed by atoms with Gasteiger partial charge >= 0.3 is 0 Å². The van der Waals surface area contributed by atoms with Crippen LogP contribution >= 0.6 is 11.8 Å². The maximum Gasteiger partial charge on any atom is 0.269 e. The second-order valence-corrected chi connectivity index (χ2v) is 7.71. The zero-order chi connectivity index (χ0) is 21.0. The number of nitro groups is 1. The molecule has 1 amide bonds. The van der Waals surface area contributed by atoms with Crippen LogP contribution in [-0.2, 0) is 4.79 Å². The molecule has 1 N–H and O–H groups in total. The Hall–Kier alpha value is -3.33. The van der Waals surface area contributed by atoms with Crippen molar-refractivity contribution in [3.8, 4) is 0 Å². The van der Waals surface area contributed by atoms with Crippen LogP contribution in [0.1, 0.15) is 33.5 Å². The van der Waals surface area contributed by atoms with E-state index in [1.54, 1.807) is 18.2 Å². The van der Waals surface area contributed by atoms with Gasteiger partial charge in [0.1, 0.15) is 0 Å². The highest BCUT2D eigenvalue weighted by molar-refractivity contribution is 8.15. The van der Waals surface area contributed by atoms with E-state index in [-0.39, 0.29) is 23.8 Å². The van der Waals surface area contributed by atoms with E-state index in [1.165, 1.54) is 18.3 Å². The van der Waals surface area contributed by atoms with E-state index in [0.29, 0.717) is 16.3 Å². The van der Waals surface area contributed by atoms with E-state index in [2.05, 4.69) is 15.5 Å². The van der Waals surface area contributed by atoms with Crippen LogP contribution in [0.5, 0.6) is 0 Å². The Balaban J connectivity index is 1.61. The average Bonchev–Trinajstić information content (AvgIpc) is 3.03. The summed E-state index contributed by atoms with van der Waals surface area (Å²) in [5.41, 5.74) is 3.35. The number of carbonyl (C=O) groups excluding carboxylic acids is 2. The van der Waals surface area contributed by atoms with Crippen molar-refractivity contribution in [1.82, 2.24) is 5.32 Å². The maximum absolute atomic E-state index is 12.5. The summed E-state index contributed by atoms with van der Waals surface area (Å²) in [7, 11) is 0. The molecule has 1 heterocycles. The lowest BCUT2D eigenvalue weighted by atomic mass is 10.0. The number of amides is 1. The molecule has 8 nitrogen and oxygen atoms in total. The number of carbonyl (C=O) groups is 2. The lowest BCUT2D eigenvalue weighted by molar-refractivity contribution is -0.384. The molecule has 148 valence electrons. The highest BCUT2D eigenvalue weighted by Gasteiger charge is 2.32. The van der Waals surface area contributed by atoms with Crippen molar-refractivity contribution < 1.29 is 14.5 Å².